The van der Waals surface area contributed by atoms with E-state index < -0.39 is 15.4 Å². The highest BCUT2D eigenvalue weighted by Crippen LogP contribution is 2.32. The normalized spacial score (nSPS) is 26.0. The average Bonchev–Trinajstić information content (AvgIpc) is 2.47. The Hall–Kier alpha value is -0.870. The van der Waals surface area contributed by atoms with Crippen molar-refractivity contribution in [3.05, 3.63) is 35.9 Å². The first-order chi connectivity index (χ1) is 6.20. The third-order valence-corrected chi connectivity index (χ3v) is 3.85. The molecule has 4 heteroatoms. The van der Waals surface area contributed by atoms with E-state index in [0.717, 1.165) is 5.56 Å². The van der Waals surface area contributed by atoms with Crippen LogP contribution in [0.25, 0.3) is 0 Å². The largest absolute Gasteiger partial charge is 0.274 e. The average molecular weight is 198 g/mol. The molecule has 0 radical (unpaired) electrons. The van der Waals surface area contributed by atoms with Gasteiger partial charge < -0.3 is 0 Å². The van der Waals surface area contributed by atoms with Crippen LogP contribution < -0.4 is 0 Å². The second kappa shape index (κ2) is 3.12. The lowest BCUT2D eigenvalue weighted by Crippen LogP contribution is -2.06. The third-order valence-electron chi connectivity index (χ3n) is 2.15. The van der Waals surface area contributed by atoms with Gasteiger partial charge in [-0.1, -0.05) is 30.3 Å². The molecule has 0 N–H and O–H groups in total. The molecule has 1 heterocycles. The van der Waals surface area contributed by atoms with E-state index in [1.165, 1.54) is 0 Å². The zero-order chi connectivity index (χ0) is 9.31. The molecule has 0 aliphatic carbocycles. The number of hydrogen-bond acceptors (Lipinski definition) is 3. The van der Waals surface area contributed by atoms with E-state index >= 15 is 0 Å². The van der Waals surface area contributed by atoms with E-state index in [-0.39, 0.29) is 0 Å². The summed E-state index contributed by atoms with van der Waals surface area (Å²) in [5.41, 5.74) is 0.819. The molecule has 0 unspecified atom stereocenters. The molecule has 13 heavy (non-hydrogen) atoms. The lowest BCUT2D eigenvalue weighted by atomic mass is 10.1. The molecule has 0 aromatic heterocycles. The van der Waals surface area contributed by atoms with Gasteiger partial charge in [-0.25, -0.2) is 0 Å². The summed E-state index contributed by atoms with van der Waals surface area (Å²) in [5, 5.41) is -0.464. The highest BCUT2D eigenvalue weighted by Gasteiger charge is 2.33. The van der Waals surface area contributed by atoms with Crippen LogP contribution in [-0.4, -0.2) is 15.0 Å². The maximum atomic E-state index is 11.3. The zero-order valence-corrected chi connectivity index (χ0v) is 7.83. The molecule has 0 amide bonds. The van der Waals surface area contributed by atoms with Crippen molar-refractivity contribution in [2.24, 2.45) is 0 Å². The van der Waals surface area contributed by atoms with Gasteiger partial charge in [0.2, 0.25) is 0 Å². The van der Waals surface area contributed by atoms with E-state index in [0.29, 0.717) is 13.0 Å². The molecule has 0 spiro atoms. The van der Waals surface area contributed by atoms with Crippen LogP contribution in [0.2, 0.25) is 0 Å². The minimum absolute atomic E-state index is 0.307. The lowest BCUT2D eigenvalue weighted by Gasteiger charge is -2.06. The predicted octanol–water partition coefficient (Wildman–Crippen LogP) is 1.48. The summed E-state index contributed by atoms with van der Waals surface area (Å²) in [7, 11) is -3.34. The second-order valence-corrected chi connectivity index (χ2v) is 4.79. The molecule has 1 aromatic carbocycles. The minimum atomic E-state index is -3.34. The van der Waals surface area contributed by atoms with Crippen LogP contribution in [0.1, 0.15) is 17.2 Å². The topological polar surface area (TPSA) is 43.4 Å². The van der Waals surface area contributed by atoms with Crippen molar-refractivity contribution >= 4 is 10.1 Å². The van der Waals surface area contributed by atoms with Crippen LogP contribution in [0, 0.1) is 0 Å². The Labute approximate surface area is 77.5 Å². The number of rotatable bonds is 1. The summed E-state index contributed by atoms with van der Waals surface area (Å²) in [4.78, 5) is 0. The molecular formula is C9H10O3S. The first kappa shape index (κ1) is 8.72. The van der Waals surface area contributed by atoms with Crippen molar-refractivity contribution in [3.8, 4) is 0 Å². The molecular weight excluding hydrogens is 188 g/mol. The first-order valence-electron chi connectivity index (χ1n) is 4.13. The molecule has 70 valence electrons. The van der Waals surface area contributed by atoms with Crippen LogP contribution in [-0.2, 0) is 14.3 Å². The minimum Gasteiger partial charge on any atom is -0.270 e. The van der Waals surface area contributed by atoms with Crippen LogP contribution in [0.15, 0.2) is 30.3 Å². The van der Waals surface area contributed by atoms with Gasteiger partial charge in [0, 0.05) is 0 Å². The van der Waals surface area contributed by atoms with E-state index in [1.807, 2.05) is 30.3 Å². The molecule has 1 aromatic rings. The summed E-state index contributed by atoms with van der Waals surface area (Å²) in [6, 6.07) is 9.17. The monoisotopic (exact) mass is 198 g/mol. The quantitative estimate of drug-likeness (QED) is 0.642. The molecule has 0 bridgehead atoms. The van der Waals surface area contributed by atoms with E-state index in [4.69, 9.17) is 0 Å². The van der Waals surface area contributed by atoms with Crippen LogP contribution >= 0.6 is 0 Å². The Morgan fingerprint density at radius 2 is 1.92 bits per heavy atom. The zero-order valence-electron chi connectivity index (χ0n) is 7.01. The van der Waals surface area contributed by atoms with Gasteiger partial charge >= 0.3 is 0 Å². The van der Waals surface area contributed by atoms with Crippen LogP contribution in [0.3, 0.4) is 0 Å². The van der Waals surface area contributed by atoms with Crippen LogP contribution in [0.5, 0.6) is 0 Å². The maximum absolute atomic E-state index is 11.3. The van der Waals surface area contributed by atoms with Gasteiger partial charge in [-0.05, 0) is 12.0 Å². The molecule has 1 aliphatic rings. The maximum Gasteiger partial charge on any atom is 0.274 e. The summed E-state index contributed by atoms with van der Waals surface area (Å²) in [6.45, 7) is 0.307. The fourth-order valence-corrected chi connectivity index (χ4v) is 2.87. The Morgan fingerprint density at radius 3 is 2.46 bits per heavy atom. The van der Waals surface area contributed by atoms with Crippen molar-refractivity contribution in [3.63, 3.8) is 0 Å². The van der Waals surface area contributed by atoms with E-state index in [2.05, 4.69) is 4.18 Å². The Morgan fingerprint density at radius 1 is 1.23 bits per heavy atom. The highest BCUT2D eigenvalue weighted by molar-refractivity contribution is 7.87. The molecule has 1 saturated heterocycles. The van der Waals surface area contributed by atoms with Gasteiger partial charge in [-0.2, -0.15) is 8.42 Å². The first-order valence-corrected chi connectivity index (χ1v) is 5.60. The van der Waals surface area contributed by atoms with E-state index in [9.17, 15) is 8.42 Å². The SMILES string of the molecule is O=S1(=O)OCC[C@H]1c1ccccc1. The van der Waals surface area contributed by atoms with Crippen molar-refractivity contribution in [2.75, 3.05) is 6.61 Å². The molecule has 0 saturated carbocycles. The summed E-state index contributed by atoms with van der Waals surface area (Å²) in [5.74, 6) is 0. The van der Waals surface area contributed by atoms with Crippen LogP contribution in [0.4, 0.5) is 0 Å². The third kappa shape index (κ3) is 1.59. The number of benzene rings is 1. The van der Waals surface area contributed by atoms with Gasteiger partial charge in [0.15, 0.2) is 0 Å². The van der Waals surface area contributed by atoms with Crippen molar-refractivity contribution < 1.29 is 12.6 Å². The molecule has 1 fully saturated rings. The Balaban J connectivity index is 2.38. The summed E-state index contributed by atoms with van der Waals surface area (Å²) in [6.07, 6.45) is 0.562. The highest BCUT2D eigenvalue weighted by atomic mass is 32.2. The van der Waals surface area contributed by atoms with Gasteiger partial charge in [0.05, 0.1) is 6.61 Å². The lowest BCUT2D eigenvalue weighted by molar-refractivity contribution is 0.354. The predicted molar refractivity (Wildman–Crippen MR) is 48.7 cm³/mol. The van der Waals surface area contributed by atoms with Crippen molar-refractivity contribution in [1.29, 1.82) is 0 Å². The van der Waals surface area contributed by atoms with Crippen molar-refractivity contribution in [2.45, 2.75) is 11.7 Å². The fraction of sp³-hybridized carbons (Fsp3) is 0.333. The van der Waals surface area contributed by atoms with Crippen molar-refractivity contribution in [1.82, 2.24) is 0 Å². The fourth-order valence-electron chi connectivity index (χ4n) is 1.50. The van der Waals surface area contributed by atoms with Gasteiger partial charge in [-0.3, -0.25) is 4.18 Å². The van der Waals surface area contributed by atoms with Gasteiger partial charge in [0.25, 0.3) is 10.1 Å². The molecule has 1 atom stereocenters. The number of hydrogen-bond donors (Lipinski definition) is 0. The van der Waals surface area contributed by atoms with Gasteiger partial charge in [-0.15, -0.1) is 0 Å². The standard InChI is InChI=1S/C9H10O3S/c10-13(11)9(6-7-12-13)8-4-2-1-3-5-8/h1-5,9H,6-7H2/t9-/m0/s1. The second-order valence-electron chi connectivity index (χ2n) is 3.00. The Bertz CT molecular complexity index is 383. The summed E-state index contributed by atoms with van der Waals surface area (Å²) < 4.78 is 27.4. The molecule has 2 rings (SSSR count). The van der Waals surface area contributed by atoms with Gasteiger partial charge in [0.1, 0.15) is 5.25 Å². The Kier molecular flexibility index (Phi) is 2.09. The molecule has 1 aliphatic heterocycles. The van der Waals surface area contributed by atoms with E-state index in [1.54, 1.807) is 0 Å². The summed E-state index contributed by atoms with van der Waals surface area (Å²) >= 11 is 0. The smallest absolute Gasteiger partial charge is 0.270 e. The molecule has 3 nitrogen and oxygen atoms in total.